The number of aliphatic imine (C=N–C) groups is 1. The number of halogens is 1. The predicted molar refractivity (Wildman–Crippen MR) is 128 cm³/mol. The average Bonchev–Trinajstić information content (AvgIpc) is 3.36. The summed E-state index contributed by atoms with van der Waals surface area (Å²) < 4.78 is 6.17. The molecule has 1 amide bonds. The van der Waals surface area contributed by atoms with Crippen LogP contribution in [0, 0.1) is 5.41 Å². The third-order valence-corrected chi connectivity index (χ3v) is 6.32. The molecule has 2 N–H and O–H groups in total. The molecule has 0 aromatic carbocycles. The van der Waals surface area contributed by atoms with Crippen LogP contribution < -0.4 is 15.4 Å². The number of ether oxygens (including phenoxy) is 1. The van der Waals surface area contributed by atoms with Gasteiger partial charge in [0, 0.05) is 49.8 Å². The van der Waals surface area contributed by atoms with E-state index in [2.05, 4.69) is 33.5 Å². The second kappa shape index (κ2) is 10.6. The van der Waals surface area contributed by atoms with E-state index in [0.29, 0.717) is 13.0 Å². The van der Waals surface area contributed by atoms with E-state index in [9.17, 15) is 4.79 Å². The average molecular weight is 527 g/mol. The zero-order valence-corrected chi connectivity index (χ0v) is 20.2. The maximum Gasteiger partial charge on any atom is 0.220 e. The molecule has 7 nitrogen and oxygen atoms in total. The molecule has 1 unspecified atom stereocenters. The van der Waals surface area contributed by atoms with Crippen LogP contribution in [0.2, 0.25) is 0 Å². The van der Waals surface area contributed by atoms with E-state index >= 15 is 0 Å². The molecule has 2 saturated heterocycles. The molecule has 8 heteroatoms. The van der Waals surface area contributed by atoms with Crippen molar-refractivity contribution in [3.8, 4) is 5.88 Å². The highest BCUT2D eigenvalue weighted by Crippen LogP contribution is 2.36. The van der Waals surface area contributed by atoms with Crippen molar-refractivity contribution >= 4 is 35.8 Å². The van der Waals surface area contributed by atoms with Gasteiger partial charge >= 0.3 is 0 Å². The summed E-state index contributed by atoms with van der Waals surface area (Å²) in [6, 6.07) is 4.01. The predicted octanol–water partition coefficient (Wildman–Crippen LogP) is 3.09. The molecule has 1 aromatic heterocycles. The van der Waals surface area contributed by atoms with Gasteiger partial charge in [-0.1, -0.05) is 6.07 Å². The zero-order valence-electron chi connectivity index (χ0n) is 17.9. The Morgan fingerprint density at radius 1 is 1.40 bits per heavy atom. The largest absolute Gasteiger partial charge is 0.474 e. The number of likely N-dealkylation sites (tertiary alicyclic amines) is 1. The highest BCUT2D eigenvalue weighted by molar-refractivity contribution is 14.0. The van der Waals surface area contributed by atoms with Gasteiger partial charge in [-0.2, -0.15) is 0 Å². The van der Waals surface area contributed by atoms with Gasteiger partial charge < -0.3 is 20.3 Å². The highest BCUT2D eigenvalue weighted by atomic mass is 127. The molecule has 1 aromatic rings. The quantitative estimate of drug-likeness (QED) is 0.350. The summed E-state index contributed by atoms with van der Waals surface area (Å²) in [6.45, 7) is 6.07. The number of nitrogens with zero attached hydrogens (tertiary/aromatic N) is 3. The summed E-state index contributed by atoms with van der Waals surface area (Å²) in [6.07, 6.45) is 9.61. The van der Waals surface area contributed by atoms with Crippen LogP contribution in [0.3, 0.4) is 0 Å². The Kier molecular flexibility index (Phi) is 8.19. The Balaban J connectivity index is 0.00000256. The summed E-state index contributed by atoms with van der Waals surface area (Å²) in [5.74, 6) is 1.82. The van der Waals surface area contributed by atoms with Crippen molar-refractivity contribution in [2.45, 2.75) is 64.5 Å². The van der Waals surface area contributed by atoms with Crippen molar-refractivity contribution < 1.29 is 9.53 Å². The topological polar surface area (TPSA) is 78.9 Å². The van der Waals surface area contributed by atoms with Gasteiger partial charge in [-0.25, -0.2) is 9.98 Å². The van der Waals surface area contributed by atoms with E-state index < -0.39 is 0 Å². The molecule has 3 fully saturated rings. The molecule has 3 aliphatic rings. The van der Waals surface area contributed by atoms with E-state index in [4.69, 9.17) is 9.73 Å². The lowest BCUT2D eigenvalue weighted by molar-refractivity contribution is -0.119. The lowest BCUT2D eigenvalue weighted by atomic mass is 9.79. The molecule has 1 spiro atoms. The van der Waals surface area contributed by atoms with Crippen LogP contribution in [-0.2, 0) is 11.3 Å². The number of pyridine rings is 1. The molecule has 1 aliphatic carbocycles. The standard InChI is InChI=1S/C22H33N5O2.HI/c1-2-23-21(27-12-6-10-22(16-27)13-19(28)26-15-22)25-14-17-7-5-11-24-20(17)29-18-8-3-4-9-18;/h5,7,11,18H,2-4,6,8-10,12-16H2,1H3,(H,23,25)(H,26,28);1H. The molecular formula is C22H34IN5O2. The minimum Gasteiger partial charge on any atom is -0.474 e. The summed E-state index contributed by atoms with van der Waals surface area (Å²) in [5.41, 5.74) is 1.08. The minimum atomic E-state index is 0. The highest BCUT2D eigenvalue weighted by Gasteiger charge is 2.42. The molecule has 1 saturated carbocycles. The van der Waals surface area contributed by atoms with E-state index in [0.717, 1.165) is 69.3 Å². The van der Waals surface area contributed by atoms with E-state index in [-0.39, 0.29) is 41.4 Å². The molecule has 4 rings (SSSR count). The number of rotatable bonds is 5. The molecule has 3 heterocycles. The lowest BCUT2D eigenvalue weighted by Crippen LogP contribution is -2.51. The molecule has 30 heavy (non-hydrogen) atoms. The fourth-order valence-corrected chi connectivity index (χ4v) is 4.83. The number of carbonyl (C=O) groups excluding carboxylic acids is 1. The van der Waals surface area contributed by atoms with Gasteiger partial charge in [-0.3, -0.25) is 4.79 Å². The molecule has 0 bridgehead atoms. The van der Waals surface area contributed by atoms with Crippen molar-refractivity contribution in [1.29, 1.82) is 0 Å². The molecule has 2 aliphatic heterocycles. The summed E-state index contributed by atoms with van der Waals surface area (Å²) in [5, 5.41) is 6.46. The number of piperidine rings is 1. The Bertz CT molecular complexity index is 753. The first-order valence-electron chi connectivity index (χ1n) is 11.1. The zero-order chi connectivity index (χ0) is 20.1. The normalized spacial score (nSPS) is 24.6. The van der Waals surface area contributed by atoms with Crippen LogP contribution in [0.25, 0.3) is 0 Å². The Morgan fingerprint density at radius 2 is 2.23 bits per heavy atom. The van der Waals surface area contributed by atoms with Gasteiger partial charge in [0.1, 0.15) is 6.10 Å². The van der Waals surface area contributed by atoms with Crippen LogP contribution >= 0.6 is 24.0 Å². The van der Waals surface area contributed by atoms with Crippen molar-refractivity contribution in [3.63, 3.8) is 0 Å². The van der Waals surface area contributed by atoms with Gasteiger partial charge in [0.25, 0.3) is 0 Å². The van der Waals surface area contributed by atoms with E-state index in [1.807, 2.05) is 6.07 Å². The Morgan fingerprint density at radius 3 is 2.97 bits per heavy atom. The van der Waals surface area contributed by atoms with Gasteiger partial charge in [0.15, 0.2) is 5.96 Å². The summed E-state index contributed by atoms with van der Waals surface area (Å²) >= 11 is 0. The number of aromatic nitrogens is 1. The number of carbonyl (C=O) groups is 1. The van der Waals surface area contributed by atoms with Crippen LogP contribution in [0.5, 0.6) is 5.88 Å². The number of hydrogen-bond acceptors (Lipinski definition) is 4. The van der Waals surface area contributed by atoms with Gasteiger partial charge in [-0.15, -0.1) is 24.0 Å². The first-order chi connectivity index (χ1) is 14.2. The lowest BCUT2D eigenvalue weighted by Gasteiger charge is -2.40. The Labute approximate surface area is 196 Å². The fraction of sp³-hybridized carbons (Fsp3) is 0.682. The van der Waals surface area contributed by atoms with Crippen LogP contribution in [0.1, 0.15) is 57.4 Å². The number of hydrogen-bond donors (Lipinski definition) is 2. The molecule has 1 atom stereocenters. The SMILES string of the molecule is CCNC(=NCc1cccnc1OC1CCCC1)N1CCCC2(CNC(=O)C2)C1.I. The van der Waals surface area contributed by atoms with Crippen LogP contribution in [-0.4, -0.2) is 54.0 Å². The third kappa shape index (κ3) is 5.56. The minimum absolute atomic E-state index is 0. The van der Waals surface area contributed by atoms with E-state index in [1.54, 1.807) is 6.20 Å². The number of nitrogens with one attached hydrogen (secondary N) is 2. The smallest absolute Gasteiger partial charge is 0.220 e. The first kappa shape index (κ1) is 23.1. The monoisotopic (exact) mass is 527 g/mol. The summed E-state index contributed by atoms with van der Waals surface area (Å²) in [4.78, 5) is 23.5. The summed E-state index contributed by atoms with van der Waals surface area (Å²) in [7, 11) is 0. The second-order valence-electron chi connectivity index (χ2n) is 8.64. The van der Waals surface area contributed by atoms with Gasteiger partial charge in [0.2, 0.25) is 11.8 Å². The fourth-order valence-electron chi connectivity index (χ4n) is 4.83. The van der Waals surface area contributed by atoms with Crippen molar-refractivity contribution in [2.75, 3.05) is 26.2 Å². The van der Waals surface area contributed by atoms with Crippen molar-refractivity contribution in [1.82, 2.24) is 20.5 Å². The molecular weight excluding hydrogens is 493 g/mol. The van der Waals surface area contributed by atoms with Crippen molar-refractivity contribution in [2.24, 2.45) is 10.4 Å². The first-order valence-corrected chi connectivity index (χ1v) is 11.1. The van der Waals surface area contributed by atoms with Crippen molar-refractivity contribution in [3.05, 3.63) is 23.9 Å². The van der Waals surface area contributed by atoms with Gasteiger partial charge in [0.05, 0.1) is 6.54 Å². The third-order valence-electron chi connectivity index (χ3n) is 6.32. The maximum atomic E-state index is 11.8. The van der Waals surface area contributed by atoms with Crippen LogP contribution in [0.15, 0.2) is 23.3 Å². The Hall–Kier alpha value is -1.58. The van der Waals surface area contributed by atoms with E-state index in [1.165, 1.54) is 12.8 Å². The molecule has 0 radical (unpaired) electrons. The van der Waals surface area contributed by atoms with Gasteiger partial charge in [-0.05, 0) is 51.5 Å². The molecule has 166 valence electrons. The van der Waals surface area contributed by atoms with Crippen LogP contribution in [0.4, 0.5) is 0 Å². The number of guanidine groups is 1. The maximum absolute atomic E-state index is 11.8. The number of amides is 1. The second-order valence-corrected chi connectivity index (χ2v) is 8.64.